The van der Waals surface area contributed by atoms with E-state index < -0.39 is 35.5 Å². The molecule has 8 nitrogen and oxygen atoms in total. The molecule has 1 spiro atoms. The molecule has 3 aromatic carbocycles. The lowest BCUT2D eigenvalue weighted by Gasteiger charge is -2.41. The highest BCUT2D eigenvalue weighted by Crippen LogP contribution is 2.50. The zero-order valence-electron chi connectivity index (χ0n) is 21.3. The largest absolute Gasteiger partial charge is 0.497 e. The summed E-state index contributed by atoms with van der Waals surface area (Å²) in [6.07, 6.45) is 2.95. The number of benzene rings is 3. The minimum absolute atomic E-state index is 0.0422. The van der Waals surface area contributed by atoms with Gasteiger partial charge in [0.05, 0.1) is 31.6 Å². The fraction of sp³-hybridized carbons (Fsp3) is 0.233. The van der Waals surface area contributed by atoms with E-state index >= 15 is 0 Å². The minimum Gasteiger partial charge on any atom is -0.497 e. The van der Waals surface area contributed by atoms with Crippen molar-refractivity contribution in [2.45, 2.75) is 17.7 Å². The molecule has 0 radical (unpaired) electrons. The van der Waals surface area contributed by atoms with Gasteiger partial charge in [-0.2, -0.15) is 0 Å². The SMILES string of the molecule is COc1ccc(N2C(=O)C3C(C(=O)Nc4ccc(Cl)cc4)C4C=CC3(CNC(=O)C2c2ccc(Cl)cc2)O4)cc1. The molecule has 2 saturated heterocycles. The van der Waals surface area contributed by atoms with Gasteiger partial charge >= 0.3 is 0 Å². The molecule has 5 unspecified atom stereocenters. The van der Waals surface area contributed by atoms with E-state index in [0.717, 1.165) is 0 Å². The molecule has 2 fully saturated rings. The van der Waals surface area contributed by atoms with Crippen LogP contribution in [-0.4, -0.2) is 43.1 Å². The quantitative estimate of drug-likeness (QED) is 0.425. The Hall–Kier alpha value is -3.85. The van der Waals surface area contributed by atoms with Crippen molar-refractivity contribution >= 4 is 52.3 Å². The van der Waals surface area contributed by atoms with Gasteiger partial charge in [0.25, 0.3) is 0 Å². The van der Waals surface area contributed by atoms with Crippen molar-refractivity contribution in [3.8, 4) is 5.75 Å². The number of hydrogen-bond acceptors (Lipinski definition) is 5. The number of rotatable bonds is 5. The van der Waals surface area contributed by atoms with Crippen molar-refractivity contribution in [3.63, 3.8) is 0 Å². The summed E-state index contributed by atoms with van der Waals surface area (Å²) in [4.78, 5) is 43.6. The Morgan fingerprint density at radius 1 is 1.00 bits per heavy atom. The van der Waals surface area contributed by atoms with Crippen molar-refractivity contribution < 1.29 is 23.9 Å². The lowest BCUT2D eigenvalue weighted by molar-refractivity contribution is -0.136. The number of methoxy groups -OCH3 is 1. The fourth-order valence-electron chi connectivity index (χ4n) is 5.77. The zero-order chi connectivity index (χ0) is 28.0. The molecule has 2 N–H and O–H groups in total. The molecule has 10 heteroatoms. The number of hydrogen-bond donors (Lipinski definition) is 2. The standard InChI is InChI=1S/C30H25Cl2N3O5/c1-39-22-12-10-21(11-13-22)35-26(17-2-4-18(31)5-3-17)28(37)33-16-30-15-14-23(40-30)24(25(30)29(35)38)27(36)34-20-8-6-19(32)7-9-20/h2-15,23-26H,16H2,1H3,(H,33,37)(H,34,36). The second-order valence-corrected chi connectivity index (χ2v) is 10.8. The Balaban J connectivity index is 1.44. The molecule has 40 heavy (non-hydrogen) atoms. The van der Waals surface area contributed by atoms with Crippen LogP contribution in [0.25, 0.3) is 0 Å². The molecule has 204 valence electrons. The summed E-state index contributed by atoms with van der Waals surface area (Å²) in [6, 6.07) is 19.4. The topological polar surface area (TPSA) is 97.0 Å². The Bertz CT molecular complexity index is 1490. The van der Waals surface area contributed by atoms with E-state index in [0.29, 0.717) is 32.7 Å². The molecule has 3 aliphatic rings. The Morgan fingerprint density at radius 2 is 1.65 bits per heavy atom. The average Bonchev–Trinajstić information content (AvgIpc) is 3.53. The molecule has 0 aliphatic carbocycles. The van der Waals surface area contributed by atoms with Crippen molar-refractivity contribution in [3.05, 3.63) is 101 Å². The molecule has 5 atom stereocenters. The van der Waals surface area contributed by atoms with Crippen LogP contribution < -0.4 is 20.3 Å². The first-order valence-corrected chi connectivity index (χ1v) is 13.5. The summed E-state index contributed by atoms with van der Waals surface area (Å²) in [5, 5.41) is 6.93. The number of halogens is 2. The van der Waals surface area contributed by atoms with Crippen LogP contribution in [0.15, 0.2) is 84.9 Å². The highest BCUT2D eigenvalue weighted by molar-refractivity contribution is 6.31. The summed E-state index contributed by atoms with van der Waals surface area (Å²) >= 11 is 12.1. The Morgan fingerprint density at radius 3 is 2.30 bits per heavy atom. The highest BCUT2D eigenvalue weighted by Gasteiger charge is 2.64. The summed E-state index contributed by atoms with van der Waals surface area (Å²) in [7, 11) is 1.55. The molecule has 3 amide bonds. The van der Waals surface area contributed by atoms with Crippen LogP contribution in [0.3, 0.4) is 0 Å². The monoisotopic (exact) mass is 577 g/mol. The van der Waals surface area contributed by atoms with Gasteiger partial charge in [0, 0.05) is 21.4 Å². The predicted molar refractivity (Wildman–Crippen MR) is 151 cm³/mol. The van der Waals surface area contributed by atoms with E-state index in [9.17, 15) is 14.4 Å². The average molecular weight is 578 g/mol. The summed E-state index contributed by atoms with van der Waals surface area (Å²) in [5.74, 6) is -2.29. The first kappa shape index (κ1) is 26.4. The van der Waals surface area contributed by atoms with Gasteiger partial charge in [-0.15, -0.1) is 0 Å². The van der Waals surface area contributed by atoms with Gasteiger partial charge in [-0.3, -0.25) is 19.3 Å². The van der Waals surface area contributed by atoms with E-state index in [4.69, 9.17) is 32.7 Å². The second kappa shape index (κ2) is 10.3. The number of carbonyl (C=O) groups is 3. The van der Waals surface area contributed by atoms with Crippen LogP contribution in [0.2, 0.25) is 10.0 Å². The second-order valence-electron chi connectivity index (χ2n) is 9.97. The molecular formula is C30H25Cl2N3O5. The highest BCUT2D eigenvalue weighted by atomic mass is 35.5. The van der Waals surface area contributed by atoms with Gasteiger partial charge < -0.3 is 20.1 Å². The number of fused-ring (bicyclic) bond motifs is 1. The fourth-order valence-corrected chi connectivity index (χ4v) is 6.02. The molecular weight excluding hydrogens is 553 g/mol. The predicted octanol–water partition coefficient (Wildman–Crippen LogP) is 4.78. The lowest BCUT2D eigenvalue weighted by Crippen LogP contribution is -2.60. The molecule has 3 heterocycles. The third kappa shape index (κ3) is 4.52. The van der Waals surface area contributed by atoms with E-state index in [-0.39, 0.29) is 18.4 Å². The number of anilines is 2. The number of ether oxygens (including phenoxy) is 2. The zero-order valence-corrected chi connectivity index (χ0v) is 22.9. The maximum atomic E-state index is 14.7. The summed E-state index contributed by atoms with van der Waals surface area (Å²) in [6.45, 7) is 0.0422. The van der Waals surface area contributed by atoms with Crippen molar-refractivity contribution in [1.82, 2.24) is 5.32 Å². The van der Waals surface area contributed by atoms with Crippen molar-refractivity contribution in [1.29, 1.82) is 0 Å². The number of nitrogens with zero attached hydrogens (tertiary/aromatic N) is 1. The Kier molecular flexibility index (Phi) is 6.78. The van der Waals surface area contributed by atoms with Crippen LogP contribution in [0.5, 0.6) is 5.75 Å². The first-order chi connectivity index (χ1) is 19.3. The number of nitrogens with one attached hydrogen (secondary N) is 2. The maximum Gasteiger partial charge on any atom is 0.247 e. The van der Waals surface area contributed by atoms with E-state index in [2.05, 4.69) is 10.6 Å². The van der Waals surface area contributed by atoms with Gasteiger partial charge in [0.1, 0.15) is 17.4 Å². The van der Waals surface area contributed by atoms with Gasteiger partial charge in [-0.05, 0) is 66.2 Å². The van der Waals surface area contributed by atoms with Gasteiger partial charge in [0.2, 0.25) is 17.7 Å². The smallest absolute Gasteiger partial charge is 0.247 e. The normalized spacial score (nSPS) is 27.0. The summed E-state index contributed by atoms with van der Waals surface area (Å²) in [5.41, 5.74) is 0.424. The first-order valence-electron chi connectivity index (χ1n) is 12.7. The van der Waals surface area contributed by atoms with Gasteiger partial charge in [-0.25, -0.2) is 0 Å². The van der Waals surface area contributed by atoms with Gasteiger partial charge in [0.15, 0.2) is 0 Å². The molecule has 3 aliphatic heterocycles. The van der Waals surface area contributed by atoms with E-state index in [1.54, 1.807) is 92.1 Å². The van der Waals surface area contributed by atoms with Crippen LogP contribution in [-0.2, 0) is 19.1 Å². The number of carbonyl (C=O) groups excluding carboxylic acids is 3. The van der Waals surface area contributed by atoms with E-state index in [1.165, 1.54) is 4.90 Å². The van der Waals surface area contributed by atoms with Crippen LogP contribution in [0, 0.1) is 11.8 Å². The van der Waals surface area contributed by atoms with Crippen LogP contribution >= 0.6 is 23.2 Å². The molecule has 6 rings (SSSR count). The van der Waals surface area contributed by atoms with Crippen molar-refractivity contribution in [2.75, 3.05) is 23.9 Å². The van der Waals surface area contributed by atoms with E-state index in [1.807, 2.05) is 0 Å². The van der Waals surface area contributed by atoms with Crippen LogP contribution in [0.4, 0.5) is 11.4 Å². The lowest BCUT2D eigenvalue weighted by atomic mass is 9.73. The Labute approximate surface area is 240 Å². The third-order valence-electron chi connectivity index (χ3n) is 7.66. The summed E-state index contributed by atoms with van der Waals surface area (Å²) < 4.78 is 11.6. The third-order valence-corrected chi connectivity index (χ3v) is 8.17. The number of amides is 3. The molecule has 3 aromatic rings. The van der Waals surface area contributed by atoms with Crippen LogP contribution in [0.1, 0.15) is 11.6 Å². The molecule has 0 aromatic heterocycles. The van der Waals surface area contributed by atoms with Crippen molar-refractivity contribution in [2.24, 2.45) is 11.8 Å². The molecule has 2 bridgehead atoms. The van der Waals surface area contributed by atoms with Gasteiger partial charge in [-0.1, -0.05) is 47.5 Å². The molecule has 0 saturated carbocycles. The minimum atomic E-state index is -1.17. The maximum absolute atomic E-state index is 14.7.